The Balaban J connectivity index is 2.04. The van der Waals surface area contributed by atoms with E-state index in [1.165, 1.54) is 18.4 Å². The highest BCUT2D eigenvalue weighted by atomic mass is 16.5. The van der Waals surface area contributed by atoms with Crippen LogP contribution in [0, 0.1) is 5.92 Å². The first-order valence-corrected chi connectivity index (χ1v) is 6.67. The van der Waals surface area contributed by atoms with Crippen molar-refractivity contribution in [1.29, 1.82) is 0 Å². The van der Waals surface area contributed by atoms with Crippen molar-refractivity contribution in [2.75, 3.05) is 6.54 Å². The lowest BCUT2D eigenvalue weighted by Crippen LogP contribution is -2.09. The average molecular weight is 233 g/mol. The van der Waals surface area contributed by atoms with E-state index in [2.05, 4.69) is 38.1 Å². The Morgan fingerprint density at radius 3 is 2.35 bits per heavy atom. The van der Waals surface area contributed by atoms with Crippen molar-refractivity contribution in [1.82, 2.24) is 0 Å². The molecule has 1 atom stereocenters. The molecule has 1 aromatic carbocycles. The number of ether oxygens (including phenoxy) is 1. The fourth-order valence-electron chi connectivity index (χ4n) is 2.42. The molecule has 1 aliphatic rings. The van der Waals surface area contributed by atoms with Crippen LogP contribution in [0.2, 0.25) is 0 Å². The highest BCUT2D eigenvalue weighted by Crippen LogP contribution is 2.44. The highest BCUT2D eigenvalue weighted by molar-refractivity contribution is 5.30. The predicted molar refractivity (Wildman–Crippen MR) is 71.3 cm³/mol. The maximum absolute atomic E-state index is 5.70. The van der Waals surface area contributed by atoms with Gasteiger partial charge < -0.3 is 10.5 Å². The Bertz CT molecular complexity index is 340. The van der Waals surface area contributed by atoms with Crippen molar-refractivity contribution in [3.05, 3.63) is 29.8 Å². The van der Waals surface area contributed by atoms with Gasteiger partial charge in [-0.25, -0.2) is 0 Å². The summed E-state index contributed by atoms with van der Waals surface area (Å²) in [5.74, 6) is 2.49. The van der Waals surface area contributed by atoms with Gasteiger partial charge in [-0.2, -0.15) is 0 Å². The van der Waals surface area contributed by atoms with Crippen molar-refractivity contribution in [2.24, 2.45) is 11.7 Å². The van der Waals surface area contributed by atoms with Gasteiger partial charge in [-0.05, 0) is 69.2 Å². The van der Waals surface area contributed by atoms with E-state index in [0.717, 1.165) is 24.6 Å². The molecule has 2 rings (SSSR count). The molecule has 2 N–H and O–H groups in total. The Kier molecular flexibility index (Phi) is 4.06. The average Bonchev–Trinajstić information content (AvgIpc) is 3.10. The second-order valence-electron chi connectivity index (χ2n) is 5.26. The summed E-state index contributed by atoms with van der Waals surface area (Å²) in [5.41, 5.74) is 7.13. The Morgan fingerprint density at radius 1 is 1.24 bits per heavy atom. The fraction of sp³-hybridized carbons (Fsp3) is 0.600. The minimum Gasteiger partial charge on any atom is -0.491 e. The van der Waals surface area contributed by atoms with Crippen LogP contribution in [0.4, 0.5) is 0 Å². The topological polar surface area (TPSA) is 35.2 Å². The molecule has 1 aliphatic carbocycles. The lowest BCUT2D eigenvalue weighted by atomic mass is 9.91. The first-order chi connectivity index (χ1) is 8.20. The second kappa shape index (κ2) is 5.54. The molecule has 0 bridgehead atoms. The lowest BCUT2D eigenvalue weighted by molar-refractivity contribution is 0.242. The SMILES string of the molecule is CC(C)Oc1ccc(C(CCN)C2CC2)cc1. The van der Waals surface area contributed by atoms with Crippen LogP contribution in [-0.4, -0.2) is 12.6 Å². The molecule has 1 saturated carbocycles. The minimum absolute atomic E-state index is 0.240. The van der Waals surface area contributed by atoms with E-state index in [1.807, 2.05) is 0 Å². The molecule has 1 unspecified atom stereocenters. The van der Waals surface area contributed by atoms with Gasteiger partial charge in [0.2, 0.25) is 0 Å². The summed E-state index contributed by atoms with van der Waals surface area (Å²) in [6.45, 7) is 4.89. The smallest absolute Gasteiger partial charge is 0.119 e. The van der Waals surface area contributed by atoms with E-state index in [-0.39, 0.29) is 6.10 Å². The number of hydrogen-bond donors (Lipinski definition) is 1. The highest BCUT2D eigenvalue weighted by Gasteiger charge is 2.31. The first-order valence-electron chi connectivity index (χ1n) is 6.67. The lowest BCUT2D eigenvalue weighted by Gasteiger charge is -2.17. The predicted octanol–water partition coefficient (Wildman–Crippen LogP) is 3.32. The van der Waals surface area contributed by atoms with Crippen molar-refractivity contribution in [3.8, 4) is 5.75 Å². The van der Waals surface area contributed by atoms with Gasteiger partial charge in [0.1, 0.15) is 5.75 Å². The summed E-state index contributed by atoms with van der Waals surface area (Å²) in [5, 5.41) is 0. The van der Waals surface area contributed by atoms with Crippen LogP contribution in [-0.2, 0) is 0 Å². The molecule has 2 heteroatoms. The molecule has 0 spiro atoms. The molecule has 94 valence electrons. The summed E-state index contributed by atoms with van der Waals surface area (Å²) in [7, 11) is 0. The van der Waals surface area contributed by atoms with Gasteiger partial charge >= 0.3 is 0 Å². The van der Waals surface area contributed by atoms with Gasteiger partial charge in [-0.1, -0.05) is 12.1 Å². The number of hydrogen-bond acceptors (Lipinski definition) is 2. The molecular weight excluding hydrogens is 210 g/mol. The normalized spacial score (nSPS) is 17.2. The molecule has 1 aromatic rings. The van der Waals surface area contributed by atoms with Crippen LogP contribution in [0.15, 0.2) is 24.3 Å². The Morgan fingerprint density at radius 2 is 1.88 bits per heavy atom. The van der Waals surface area contributed by atoms with Crippen LogP contribution in [0.25, 0.3) is 0 Å². The standard InChI is InChI=1S/C15H23NO/c1-11(2)17-14-7-5-13(6-8-14)15(9-10-16)12-3-4-12/h5-8,11-12,15H,3-4,9-10,16H2,1-2H3. The van der Waals surface area contributed by atoms with Crippen LogP contribution in [0.5, 0.6) is 5.75 Å². The third-order valence-corrected chi connectivity index (χ3v) is 3.35. The van der Waals surface area contributed by atoms with E-state index < -0.39 is 0 Å². The molecule has 0 radical (unpaired) electrons. The quantitative estimate of drug-likeness (QED) is 0.818. The van der Waals surface area contributed by atoms with E-state index >= 15 is 0 Å². The molecular formula is C15H23NO. The van der Waals surface area contributed by atoms with E-state index in [9.17, 15) is 0 Å². The molecule has 0 heterocycles. The van der Waals surface area contributed by atoms with Crippen LogP contribution < -0.4 is 10.5 Å². The van der Waals surface area contributed by atoms with Crippen molar-refractivity contribution in [2.45, 2.75) is 45.1 Å². The van der Waals surface area contributed by atoms with Gasteiger partial charge in [0, 0.05) is 0 Å². The molecule has 0 saturated heterocycles. The van der Waals surface area contributed by atoms with E-state index in [4.69, 9.17) is 10.5 Å². The zero-order chi connectivity index (χ0) is 12.3. The monoisotopic (exact) mass is 233 g/mol. The summed E-state index contributed by atoms with van der Waals surface area (Å²) in [6, 6.07) is 8.58. The van der Waals surface area contributed by atoms with E-state index in [0.29, 0.717) is 5.92 Å². The van der Waals surface area contributed by atoms with Gasteiger partial charge in [0.25, 0.3) is 0 Å². The third kappa shape index (κ3) is 3.47. The first kappa shape index (κ1) is 12.4. The van der Waals surface area contributed by atoms with Crippen molar-refractivity contribution in [3.63, 3.8) is 0 Å². The van der Waals surface area contributed by atoms with Gasteiger partial charge in [0.05, 0.1) is 6.10 Å². The van der Waals surface area contributed by atoms with E-state index in [1.54, 1.807) is 0 Å². The fourth-order valence-corrected chi connectivity index (χ4v) is 2.42. The van der Waals surface area contributed by atoms with Crippen molar-refractivity contribution >= 4 is 0 Å². The minimum atomic E-state index is 0.240. The molecule has 2 nitrogen and oxygen atoms in total. The Hall–Kier alpha value is -1.02. The van der Waals surface area contributed by atoms with Gasteiger partial charge in [-0.3, -0.25) is 0 Å². The largest absolute Gasteiger partial charge is 0.491 e. The molecule has 0 aromatic heterocycles. The van der Waals surface area contributed by atoms with Gasteiger partial charge in [0.15, 0.2) is 0 Å². The maximum atomic E-state index is 5.70. The third-order valence-electron chi connectivity index (χ3n) is 3.35. The summed E-state index contributed by atoms with van der Waals surface area (Å²) in [4.78, 5) is 0. The summed E-state index contributed by atoms with van der Waals surface area (Å²) < 4.78 is 5.66. The molecule has 0 aliphatic heterocycles. The van der Waals surface area contributed by atoms with Crippen molar-refractivity contribution < 1.29 is 4.74 Å². The zero-order valence-corrected chi connectivity index (χ0v) is 10.9. The Labute approximate surface area is 104 Å². The molecule has 0 amide bonds. The second-order valence-corrected chi connectivity index (χ2v) is 5.26. The number of rotatable bonds is 6. The summed E-state index contributed by atoms with van der Waals surface area (Å²) in [6.07, 6.45) is 4.09. The summed E-state index contributed by atoms with van der Waals surface area (Å²) >= 11 is 0. The van der Waals surface area contributed by atoms with Gasteiger partial charge in [-0.15, -0.1) is 0 Å². The van der Waals surface area contributed by atoms with Crippen LogP contribution in [0.1, 0.15) is 44.6 Å². The number of nitrogens with two attached hydrogens (primary N) is 1. The maximum Gasteiger partial charge on any atom is 0.119 e. The molecule has 1 fully saturated rings. The molecule has 17 heavy (non-hydrogen) atoms. The zero-order valence-electron chi connectivity index (χ0n) is 10.9. The van der Waals surface area contributed by atoms with Crippen LogP contribution >= 0.6 is 0 Å². The number of benzene rings is 1. The van der Waals surface area contributed by atoms with Crippen LogP contribution in [0.3, 0.4) is 0 Å².